The van der Waals surface area contributed by atoms with Gasteiger partial charge in [0.2, 0.25) is 0 Å². The Morgan fingerprint density at radius 3 is 2.53 bits per heavy atom. The molecule has 1 aliphatic carbocycles. The predicted octanol–water partition coefficient (Wildman–Crippen LogP) is 4.82. The number of halogens is 2. The van der Waals surface area contributed by atoms with Crippen LogP contribution < -0.4 is 5.73 Å². The van der Waals surface area contributed by atoms with Gasteiger partial charge in [-0.1, -0.05) is 60.5 Å². The summed E-state index contributed by atoms with van der Waals surface area (Å²) < 4.78 is 14.6. The monoisotopic (exact) mass is 327 g/mol. The molecule has 1 saturated carbocycles. The highest BCUT2D eigenvalue weighted by atomic mass is 79.9. The van der Waals surface area contributed by atoms with Crippen LogP contribution in [0.25, 0.3) is 0 Å². The van der Waals surface area contributed by atoms with Gasteiger partial charge in [-0.05, 0) is 36.5 Å². The smallest absolute Gasteiger partial charge is 0.127 e. The van der Waals surface area contributed by atoms with Gasteiger partial charge in [-0.2, -0.15) is 0 Å². The first-order valence-corrected chi connectivity index (χ1v) is 8.14. The molecule has 1 aromatic carbocycles. The maximum atomic E-state index is 13.8. The zero-order valence-corrected chi connectivity index (χ0v) is 13.0. The Hall–Kier alpha value is -0.410. The second-order valence-corrected chi connectivity index (χ2v) is 6.71. The molecule has 0 bridgehead atoms. The Kier molecular flexibility index (Phi) is 5.83. The van der Waals surface area contributed by atoms with Crippen LogP contribution >= 0.6 is 15.9 Å². The van der Waals surface area contributed by atoms with Crippen LogP contribution in [0.15, 0.2) is 22.7 Å². The minimum Gasteiger partial charge on any atom is -0.327 e. The quantitative estimate of drug-likeness (QED) is 0.788. The molecule has 1 fully saturated rings. The normalized spacial score (nSPS) is 19.1. The van der Waals surface area contributed by atoms with Crippen LogP contribution in [0.5, 0.6) is 0 Å². The van der Waals surface area contributed by atoms with Crippen molar-refractivity contribution in [2.75, 3.05) is 0 Å². The van der Waals surface area contributed by atoms with Crippen molar-refractivity contribution in [2.45, 2.75) is 57.4 Å². The number of benzene rings is 1. The number of hydrogen-bond acceptors (Lipinski definition) is 1. The van der Waals surface area contributed by atoms with Crippen molar-refractivity contribution in [1.29, 1.82) is 0 Å². The Morgan fingerprint density at radius 2 is 1.89 bits per heavy atom. The van der Waals surface area contributed by atoms with Crippen molar-refractivity contribution in [2.24, 2.45) is 11.7 Å². The van der Waals surface area contributed by atoms with Crippen LogP contribution in [0.1, 0.15) is 50.5 Å². The molecule has 2 N–H and O–H groups in total. The Bertz CT molecular complexity index is 400. The second kappa shape index (κ2) is 7.39. The molecular formula is C16H23BrFN. The summed E-state index contributed by atoms with van der Waals surface area (Å²) in [7, 11) is 0. The van der Waals surface area contributed by atoms with Gasteiger partial charge >= 0.3 is 0 Å². The molecule has 1 atom stereocenters. The first kappa shape index (κ1) is 15.0. The summed E-state index contributed by atoms with van der Waals surface area (Å²) in [6.45, 7) is 0. The van der Waals surface area contributed by atoms with Gasteiger partial charge in [0.1, 0.15) is 5.82 Å². The minimum absolute atomic E-state index is 0.0822. The molecule has 106 valence electrons. The third kappa shape index (κ3) is 4.88. The number of nitrogens with two attached hydrogens (primary N) is 1. The lowest BCUT2D eigenvalue weighted by Crippen LogP contribution is -2.26. The highest BCUT2D eigenvalue weighted by Crippen LogP contribution is 2.27. The predicted molar refractivity (Wildman–Crippen MR) is 81.6 cm³/mol. The largest absolute Gasteiger partial charge is 0.327 e. The van der Waals surface area contributed by atoms with Crippen molar-refractivity contribution < 1.29 is 4.39 Å². The average molecular weight is 328 g/mol. The third-order valence-electron chi connectivity index (χ3n) is 4.11. The number of hydrogen-bond donors (Lipinski definition) is 1. The van der Waals surface area contributed by atoms with Gasteiger partial charge < -0.3 is 5.73 Å². The fourth-order valence-electron chi connectivity index (χ4n) is 3.08. The molecule has 0 aromatic heterocycles. The van der Waals surface area contributed by atoms with Crippen molar-refractivity contribution >= 4 is 15.9 Å². The fraction of sp³-hybridized carbons (Fsp3) is 0.625. The molecule has 3 heteroatoms. The van der Waals surface area contributed by atoms with E-state index in [0.29, 0.717) is 6.42 Å². The molecule has 0 spiro atoms. The van der Waals surface area contributed by atoms with Gasteiger partial charge in [0.15, 0.2) is 0 Å². The molecule has 1 nitrogen and oxygen atoms in total. The van der Waals surface area contributed by atoms with Crippen molar-refractivity contribution in [1.82, 2.24) is 0 Å². The van der Waals surface area contributed by atoms with Gasteiger partial charge in [0, 0.05) is 10.5 Å². The van der Waals surface area contributed by atoms with E-state index in [2.05, 4.69) is 15.9 Å². The highest BCUT2D eigenvalue weighted by Gasteiger charge is 2.17. The topological polar surface area (TPSA) is 26.0 Å². The van der Waals surface area contributed by atoms with Crippen molar-refractivity contribution in [3.8, 4) is 0 Å². The van der Waals surface area contributed by atoms with E-state index in [0.717, 1.165) is 22.4 Å². The second-order valence-electron chi connectivity index (χ2n) is 5.79. The molecule has 1 aliphatic rings. The molecule has 19 heavy (non-hydrogen) atoms. The molecule has 0 amide bonds. The first-order chi connectivity index (χ1) is 9.15. The van der Waals surface area contributed by atoms with Crippen molar-refractivity contribution in [3.05, 3.63) is 34.1 Å². The molecule has 1 aromatic rings. The maximum Gasteiger partial charge on any atom is 0.127 e. The van der Waals surface area contributed by atoms with Gasteiger partial charge in [0.25, 0.3) is 0 Å². The Morgan fingerprint density at radius 1 is 1.21 bits per heavy atom. The minimum atomic E-state index is -0.148. The summed E-state index contributed by atoms with van der Waals surface area (Å²) in [5.74, 6) is 0.599. The van der Waals surface area contributed by atoms with Crippen LogP contribution in [0.3, 0.4) is 0 Å². The van der Waals surface area contributed by atoms with Crippen LogP contribution in [0, 0.1) is 11.7 Å². The molecule has 0 aliphatic heterocycles. The summed E-state index contributed by atoms with van der Waals surface area (Å²) in [5.41, 5.74) is 6.96. The fourth-order valence-corrected chi connectivity index (χ4v) is 3.41. The summed E-state index contributed by atoms with van der Waals surface area (Å²) >= 11 is 3.28. The Balaban J connectivity index is 1.87. The molecule has 0 radical (unpaired) electrons. The summed E-state index contributed by atoms with van der Waals surface area (Å²) in [6, 6.07) is 5.33. The molecule has 0 heterocycles. The standard InChI is InChI=1S/C16H23BrFN/c17-14-8-7-13(16(18)11-14)10-15(19)9-12-5-3-1-2-4-6-12/h7-8,11-12,15H,1-6,9-10,19H2. The van der Waals surface area contributed by atoms with Gasteiger partial charge in [0.05, 0.1) is 0 Å². The van der Waals surface area contributed by atoms with Gasteiger partial charge in [-0.3, -0.25) is 0 Å². The molecule has 1 unspecified atom stereocenters. The van der Waals surface area contributed by atoms with E-state index in [-0.39, 0.29) is 11.9 Å². The Labute approximate surface area is 123 Å². The number of rotatable bonds is 4. The summed E-state index contributed by atoms with van der Waals surface area (Å²) in [5, 5.41) is 0. The SMILES string of the molecule is NC(Cc1ccc(Br)cc1F)CC1CCCCCC1. The van der Waals surface area contributed by atoms with Gasteiger partial charge in [-0.15, -0.1) is 0 Å². The zero-order chi connectivity index (χ0) is 13.7. The molecular weight excluding hydrogens is 305 g/mol. The molecule has 2 rings (SSSR count). The summed E-state index contributed by atoms with van der Waals surface area (Å²) in [4.78, 5) is 0. The van der Waals surface area contributed by atoms with Crippen LogP contribution in [0.2, 0.25) is 0 Å². The van der Waals surface area contributed by atoms with E-state index in [4.69, 9.17) is 5.73 Å². The first-order valence-electron chi connectivity index (χ1n) is 7.34. The zero-order valence-electron chi connectivity index (χ0n) is 11.4. The third-order valence-corrected chi connectivity index (χ3v) is 4.60. The highest BCUT2D eigenvalue weighted by molar-refractivity contribution is 9.10. The van der Waals surface area contributed by atoms with Crippen molar-refractivity contribution in [3.63, 3.8) is 0 Å². The van der Waals surface area contributed by atoms with E-state index < -0.39 is 0 Å². The van der Waals surface area contributed by atoms with Crippen LogP contribution in [0.4, 0.5) is 4.39 Å². The lowest BCUT2D eigenvalue weighted by molar-refractivity contribution is 0.385. The lowest BCUT2D eigenvalue weighted by Gasteiger charge is -2.19. The average Bonchev–Trinajstić information content (AvgIpc) is 2.61. The lowest BCUT2D eigenvalue weighted by atomic mass is 9.90. The van der Waals surface area contributed by atoms with E-state index in [1.165, 1.54) is 44.6 Å². The van der Waals surface area contributed by atoms with E-state index in [1.807, 2.05) is 12.1 Å². The van der Waals surface area contributed by atoms with Crippen LogP contribution in [-0.2, 0) is 6.42 Å². The molecule has 0 saturated heterocycles. The van der Waals surface area contributed by atoms with Gasteiger partial charge in [-0.25, -0.2) is 4.39 Å². The maximum absolute atomic E-state index is 13.8. The van der Waals surface area contributed by atoms with E-state index in [9.17, 15) is 4.39 Å². The van der Waals surface area contributed by atoms with E-state index in [1.54, 1.807) is 0 Å². The summed E-state index contributed by atoms with van der Waals surface area (Å²) in [6.07, 6.45) is 9.70. The van der Waals surface area contributed by atoms with Crippen LogP contribution in [-0.4, -0.2) is 6.04 Å². The van der Waals surface area contributed by atoms with E-state index >= 15 is 0 Å².